The number of urea groups is 1. The lowest BCUT2D eigenvalue weighted by Gasteiger charge is -2.18. The highest BCUT2D eigenvalue weighted by Crippen LogP contribution is 2.21. The monoisotopic (exact) mass is 421 g/mol. The summed E-state index contributed by atoms with van der Waals surface area (Å²) >= 11 is 0. The van der Waals surface area contributed by atoms with Gasteiger partial charge in [-0.1, -0.05) is 54.6 Å². The summed E-state index contributed by atoms with van der Waals surface area (Å²) in [4.78, 5) is 35.9. The van der Waals surface area contributed by atoms with Crippen LogP contribution in [0, 0.1) is 0 Å². The van der Waals surface area contributed by atoms with Crippen molar-refractivity contribution in [2.24, 2.45) is 7.05 Å². The third-order valence-electron chi connectivity index (χ3n) is 4.80. The number of carboxylic acid groups (broad SMARTS) is 1. The molecule has 4 N–H and O–H groups in total. The Bertz CT molecular complexity index is 1120. The highest BCUT2D eigenvalue weighted by molar-refractivity contribution is 5.91. The van der Waals surface area contributed by atoms with Crippen LogP contribution in [0.15, 0.2) is 71.7 Å². The van der Waals surface area contributed by atoms with E-state index in [1.807, 2.05) is 42.5 Å². The Labute approximate surface area is 178 Å². The maximum Gasteiger partial charge on any atom is 0.319 e. The number of rotatable bonds is 7. The molecule has 31 heavy (non-hydrogen) atoms. The van der Waals surface area contributed by atoms with E-state index < -0.39 is 23.6 Å². The minimum atomic E-state index is -1.09. The molecule has 0 fully saturated rings. The zero-order valence-corrected chi connectivity index (χ0v) is 16.9. The van der Waals surface area contributed by atoms with Crippen molar-refractivity contribution in [3.8, 4) is 5.75 Å². The Balaban J connectivity index is 1.74. The lowest BCUT2D eigenvalue weighted by Crippen LogP contribution is -2.35. The molecule has 2 amide bonds. The van der Waals surface area contributed by atoms with Crippen molar-refractivity contribution in [3.63, 3.8) is 0 Å². The molecular weight excluding hydrogens is 398 g/mol. The maximum atomic E-state index is 12.4. The number of aromatic hydroxyl groups is 1. The molecule has 3 aromatic rings. The summed E-state index contributed by atoms with van der Waals surface area (Å²) in [5.41, 5.74) is 1.94. The first-order valence-corrected chi connectivity index (χ1v) is 9.64. The SMILES string of the molecule is Cn1ccc(O)c(NC(=O)NC(CC(=O)O)c2ccc(Cc3ccccc3)cc2)c1=O. The molecule has 0 bridgehead atoms. The molecule has 8 nitrogen and oxygen atoms in total. The third-order valence-corrected chi connectivity index (χ3v) is 4.80. The van der Waals surface area contributed by atoms with E-state index >= 15 is 0 Å². The van der Waals surface area contributed by atoms with Gasteiger partial charge in [0.15, 0.2) is 5.69 Å². The van der Waals surface area contributed by atoms with Crippen LogP contribution in [-0.4, -0.2) is 26.8 Å². The van der Waals surface area contributed by atoms with E-state index in [1.165, 1.54) is 23.9 Å². The molecule has 3 rings (SSSR count). The van der Waals surface area contributed by atoms with Gasteiger partial charge >= 0.3 is 12.0 Å². The second kappa shape index (κ2) is 9.62. The van der Waals surface area contributed by atoms with Gasteiger partial charge in [0.25, 0.3) is 5.56 Å². The number of nitrogens with zero attached hydrogens (tertiary/aromatic N) is 1. The maximum absolute atomic E-state index is 12.4. The average Bonchev–Trinajstić information content (AvgIpc) is 2.74. The molecule has 0 spiro atoms. The Morgan fingerprint density at radius 3 is 2.29 bits per heavy atom. The first-order chi connectivity index (χ1) is 14.8. The fourth-order valence-electron chi connectivity index (χ4n) is 3.17. The van der Waals surface area contributed by atoms with Crippen LogP contribution in [0.2, 0.25) is 0 Å². The van der Waals surface area contributed by atoms with Gasteiger partial charge in [-0.15, -0.1) is 0 Å². The summed E-state index contributed by atoms with van der Waals surface area (Å²) in [6.45, 7) is 0. The topological polar surface area (TPSA) is 121 Å². The quantitative estimate of drug-likeness (QED) is 0.467. The molecule has 160 valence electrons. The minimum Gasteiger partial charge on any atom is -0.505 e. The Kier molecular flexibility index (Phi) is 6.71. The summed E-state index contributed by atoms with van der Waals surface area (Å²) in [5.74, 6) is -1.46. The molecule has 0 aliphatic heterocycles. The molecule has 1 atom stereocenters. The summed E-state index contributed by atoms with van der Waals surface area (Å²) in [7, 11) is 1.48. The molecular formula is C23H23N3O5. The standard InChI is InChI=1S/C23H23N3O5/c1-26-12-11-19(27)21(22(26)30)25-23(31)24-18(14-20(28)29)17-9-7-16(8-10-17)13-15-5-3-2-4-6-15/h2-12,18,27H,13-14H2,1H3,(H,28,29)(H2,24,25,31). The molecule has 0 aliphatic rings. The zero-order valence-electron chi connectivity index (χ0n) is 16.9. The molecule has 8 heteroatoms. The van der Waals surface area contributed by atoms with Crippen molar-refractivity contribution in [1.82, 2.24) is 9.88 Å². The third kappa shape index (κ3) is 5.72. The first-order valence-electron chi connectivity index (χ1n) is 9.64. The summed E-state index contributed by atoms with van der Waals surface area (Å²) < 4.78 is 1.20. The van der Waals surface area contributed by atoms with Crippen LogP contribution >= 0.6 is 0 Å². The second-order valence-electron chi connectivity index (χ2n) is 7.14. The molecule has 0 aliphatic carbocycles. The van der Waals surface area contributed by atoms with Gasteiger partial charge < -0.3 is 25.4 Å². The van der Waals surface area contributed by atoms with Gasteiger partial charge in [-0.05, 0) is 29.2 Å². The van der Waals surface area contributed by atoms with Gasteiger partial charge in [0.2, 0.25) is 0 Å². The fourth-order valence-corrected chi connectivity index (χ4v) is 3.17. The van der Waals surface area contributed by atoms with Crippen LogP contribution in [0.5, 0.6) is 5.75 Å². The lowest BCUT2D eigenvalue weighted by molar-refractivity contribution is -0.137. The van der Waals surface area contributed by atoms with Crippen molar-refractivity contribution in [2.45, 2.75) is 18.9 Å². The van der Waals surface area contributed by atoms with Crippen molar-refractivity contribution in [3.05, 3.63) is 93.9 Å². The lowest BCUT2D eigenvalue weighted by atomic mass is 9.99. The van der Waals surface area contributed by atoms with Crippen molar-refractivity contribution >= 4 is 17.7 Å². The van der Waals surface area contributed by atoms with Gasteiger partial charge in [0.05, 0.1) is 12.5 Å². The number of pyridine rings is 1. The number of carbonyl (C=O) groups is 2. The number of hydrogen-bond acceptors (Lipinski definition) is 4. The summed E-state index contributed by atoms with van der Waals surface area (Å²) in [5, 5.41) is 24.0. The number of aryl methyl sites for hydroxylation is 1. The van der Waals surface area contributed by atoms with Gasteiger partial charge in [-0.3, -0.25) is 9.59 Å². The Morgan fingerprint density at radius 2 is 1.65 bits per heavy atom. The largest absolute Gasteiger partial charge is 0.505 e. The summed E-state index contributed by atoms with van der Waals surface area (Å²) in [6, 6.07) is 16.9. The van der Waals surface area contributed by atoms with Crippen molar-refractivity contribution in [2.75, 3.05) is 5.32 Å². The normalized spacial score (nSPS) is 11.5. The van der Waals surface area contributed by atoms with Gasteiger partial charge in [0.1, 0.15) is 5.75 Å². The van der Waals surface area contributed by atoms with E-state index in [9.17, 15) is 24.6 Å². The predicted molar refractivity (Wildman–Crippen MR) is 116 cm³/mol. The van der Waals surface area contributed by atoms with Crippen molar-refractivity contribution in [1.29, 1.82) is 0 Å². The number of hydrogen-bond donors (Lipinski definition) is 4. The van der Waals surface area contributed by atoms with E-state index in [4.69, 9.17) is 0 Å². The van der Waals surface area contributed by atoms with Crippen LogP contribution in [0.25, 0.3) is 0 Å². The van der Waals surface area contributed by atoms with Crippen LogP contribution in [0.4, 0.5) is 10.5 Å². The smallest absolute Gasteiger partial charge is 0.319 e. The first kappa shape index (κ1) is 21.6. The number of aliphatic carboxylic acids is 1. The van der Waals surface area contributed by atoms with E-state index in [0.717, 1.165) is 17.5 Å². The Morgan fingerprint density at radius 1 is 1.00 bits per heavy atom. The number of amides is 2. The van der Waals surface area contributed by atoms with Gasteiger partial charge in [0, 0.05) is 13.2 Å². The van der Waals surface area contributed by atoms with Gasteiger partial charge in [-0.25, -0.2) is 4.79 Å². The molecule has 2 aromatic carbocycles. The second-order valence-corrected chi connectivity index (χ2v) is 7.14. The van der Waals surface area contributed by atoms with E-state index in [-0.39, 0.29) is 17.9 Å². The van der Waals surface area contributed by atoms with E-state index in [1.54, 1.807) is 12.1 Å². The van der Waals surface area contributed by atoms with E-state index in [2.05, 4.69) is 10.6 Å². The number of aromatic nitrogens is 1. The van der Waals surface area contributed by atoms with Crippen LogP contribution in [-0.2, 0) is 18.3 Å². The fraction of sp³-hybridized carbons (Fsp3) is 0.174. The minimum absolute atomic E-state index is 0.283. The number of nitrogens with one attached hydrogen (secondary N) is 2. The molecule has 1 aromatic heterocycles. The Hall–Kier alpha value is -4.07. The van der Waals surface area contributed by atoms with Crippen LogP contribution in [0.1, 0.15) is 29.2 Å². The highest BCUT2D eigenvalue weighted by Gasteiger charge is 2.20. The molecule has 1 unspecified atom stereocenters. The molecule has 0 saturated heterocycles. The summed E-state index contributed by atoms with van der Waals surface area (Å²) in [6.07, 6.45) is 1.75. The van der Waals surface area contributed by atoms with E-state index in [0.29, 0.717) is 5.56 Å². The van der Waals surface area contributed by atoms with Crippen LogP contribution < -0.4 is 16.2 Å². The number of anilines is 1. The molecule has 0 radical (unpaired) electrons. The van der Waals surface area contributed by atoms with Gasteiger partial charge in [-0.2, -0.15) is 0 Å². The molecule has 1 heterocycles. The number of carbonyl (C=O) groups excluding carboxylic acids is 1. The average molecular weight is 421 g/mol. The van der Waals surface area contributed by atoms with Crippen LogP contribution in [0.3, 0.4) is 0 Å². The van der Waals surface area contributed by atoms with Crippen molar-refractivity contribution < 1.29 is 19.8 Å². The highest BCUT2D eigenvalue weighted by atomic mass is 16.4. The number of benzene rings is 2. The zero-order chi connectivity index (χ0) is 22.4. The number of carboxylic acids is 1. The molecule has 0 saturated carbocycles. The predicted octanol–water partition coefficient (Wildman–Crippen LogP) is 3.02.